The molecule has 0 bridgehead atoms. The van der Waals surface area contributed by atoms with E-state index in [0.717, 1.165) is 5.56 Å². The van der Waals surface area contributed by atoms with E-state index >= 15 is 0 Å². The van der Waals surface area contributed by atoms with E-state index in [1.807, 2.05) is 37.3 Å². The van der Waals surface area contributed by atoms with Crippen molar-refractivity contribution < 1.29 is 27.9 Å². The zero-order valence-electron chi connectivity index (χ0n) is 34.3. The van der Waals surface area contributed by atoms with Gasteiger partial charge < -0.3 is 28.0 Å². The lowest BCUT2D eigenvalue weighted by Gasteiger charge is -2.44. The minimum atomic E-state index is -2.43. The third-order valence-electron chi connectivity index (χ3n) is 11.8. The summed E-state index contributed by atoms with van der Waals surface area (Å²) in [5.41, 5.74) is 0.348. The van der Waals surface area contributed by atoms with Gasteiger partial charge >= 0.3 is 11.7 Å². The van der Waals surface area contributed by atoms with Crippen LogP contribution in [0.2, 0.25) is 54.4 Å². The molecule has 0 aliphatic carbocycles. The molecule has 2 heterocycles. The molecule has 1 aliphatic rings. The molecule has 0 unspecified atom stereocenters. The third-order valence-corrected chi connectivity index (χ3v) is 25.3. The van der Waals surface area contributed by atoms with Crippen molar-refractivity contribution in [3.8, 4) is 0 Å². The number of rotatable bonds is 14. The van der Waals surface area contributed by atoms with Crippen molar-refractivity contribution in [3.63, 3.8) is 0 Å². The van der Waals surface area contributed by atoms with Crippen molar-refractivity contribution >= 4 is 36.7 Å². The van der Waals surface area contributed by atoms with Crippen LogP contribution < -0.4 is 10.6 Å². The van der Waals surface area contributed by atoms with Crippen molar-refractivity contribution in [3.05, 3.63) is 58.6 Å². The molecule has 1 saturated heterocycles. The highest BCUT2D eigenvalue weighted by atomic mass is 28.4. The highest BCUT2D eigenvalue weighted by Crippen LogP contribution is 2.46. The molecular formula is C38H67N3O7Si3. The molecule has 1 N–H and O–H groups in total. The molecule has 3 rings (SSSR count). The fourth-order valence-electron chi connectivity index (χ4n) is 5.34. The van der Waals surface area contributed by atoms with Gasteiger partial charge in [-0.3, -0.25) is 4.57 Å². The molecule has 2 aromatic rings. The highest BCUT2D eigenvalue weighted by molar-refractivity contribution is 6.75. The van der Waals surface area contributed by atoms with Crippen molar-refractivity contribution in [2.45, 2.75) is 161 Å². The second-order valence-corrected chi connectivity index (χ2v) is 32.9. The average molecular weight is 762 g/mol. The Hall–Kier alpha value is -2.14. The Kier molecular flexibility index (Phi) is 13.3. The van der Waals surface area contributed by atoms with Crippen molar-refractivity contribution in [1.82, 2.24) is 9.55 Å². The fourth-order valence-corrected chi connectivity index (χ4v) is 8.96. The molecule has 0 amide bonds. The van der Waals surface area contributed by atoms with Gasteiger partial charge in [-0.15, -0.1) is 0 Å². The van der Waals surface area contributed by atoms with Crippen molar-refractivity contribution in [2.24, 2.45) is 0 Å². The highest BCUT2D eigenvalue weighted by Gasteiger charge is 2.55. The van der Waals surface area contributed by atoms with Crippen LogP contribution in [0.4, 0.5) is 5.82 Å². The molecule has 0 spiro atoms. The fraction of sp³-hybridized carbons (Fsp3) is 0.711. The number of ether oxygens (including phenoxy) is 1. The molecule has 0 saturated carbocycles. The first-order valence-corrected chi connectivity index (χ1v) is 27.1. The third kappa shape index (κ3) is 10.1. The van der Waals surface area contributed by atoms with Crippen LogP contribution in [0.3, 0.4) is 0 Å². The first-order chi connectivity index (χ1) is 23.1. The first kappa shape index (κ1) is 43.3. The summed E-state index contributed by atoms with van der Waals surface area (Å²) in [6, 6.07) is 10.3. The quantitative estimate of drug-likeness (QED) is 0.190. The molecule has 0 radical (unpaired) electrons. The Bertz CT molecular complexity index is 1530. The number of carboxylic acids is 1. The number of hydrogen-bond acceptors (Lipinski definition) is 8. The van der Waals surface area contributed by atoms with Crippen LogP contribution in [0.25, 0.3) is 0 Å². The van der Waals surface area contributed by atoms with Gasteiger partial charge in [0.05, 0.1) is 6.61 Å². The van der Waals surface area contributed by atoms with E-state index in [1.165, 1.54) is 4.57 Å². The van der Waals surface area contributed by atoms with Gasteiger partial charge in [0, 0.05) is 19.2 Å². The van der Waals surface area contributed by atoms with Crippen LogP contribution in [0, 0.1) is 0 Å². The Balaban J connectivity index is 2.14. The molecule has 1 aliphatic heterocycles. The van der Waals surface area contributed by atoms with Crippen molar-refractivity contribution in [1.29, 1.82) is 0 Å². The summed E-state index contributed by atoms with van der Waals surface area (Å²) in [6.07, 6.45) is -0.478. The number of benzene rings is 1. The zero-order chi connectivity index (χ0) is 39.0. The normalized spacial score (nSPS) is 21.5. The zero-order valence-corrected chi connectivity index (χ0v) is 37.3. The molecule has 5 atom stereocenters. The summed E-state index contributed by atoms with van der Waals surface area (Å²) in [5.74, 6) is -0.683. The topological polar surface area (TPSA) is 112 Å². The number of aliphatic carboxylic acids is 1. The summed E-state index contributed by atoms with van der Waals surface area (Å²) in [7, 11) is -6.97. The summed E-state index contributed by atoms with van der Waals surface area (Å²) in [5, 5.41) is 10.1. The van der Waals surface area contributed by atoms with Crippen LogP contribution in [0.15, 0.2) is 47.4 Å². The number of nitrogens with zero attached hydrogens (tertiary/aromatic N) is 3. The molecular weight excluding hydrogens is 695 g/mol. The Labute approximate surface area is 310 Å². The molecule has 10 nitrogen and oxygen atoms in total. The van der Waals surface area contributed by atoms with Gasteiger partial charge in [0.1, 0.15) is 30.2 Å². The summed E-state index contributed by atoms with van der Waals surface area (Å²) in [4.78, 5) is 32.8. The predicted molar refractivity (Wildman–Crippen MR) is 214 cm³/mol. The number of hydrogen-bond donors (Lipinski definition) is 1. The number of anilines is 1. The van der Waals surface area contributed by atoms with Crippen LogP contribution in [0.1, 0.15) is 81.0 Å². The van der Waals surface area contributed by atoms with E-state index in [-0.39, 0.29) is 21.5 Å². The van der Waals surface area contributed by atoms with Gasteiger partial charge in [-0.25, -0.2) is 9.59 Å². The smallest absolute Gasteiger partial charge is 0.351 e. The van der Waals surface area contributed by atoms with Crippen LogP contribution in [-0.4, -0.2) is 83.1 Å². The standard InChI is InChI=1S/C38H67N3O7Si3/c1-17-40(28(34(42)43)25-27-21-19-18-20-22-27)30-23-24-41(35(44)39-30)33-32(48-51(15,16)38(8,9)10)31(47-50(13,14)37(5,6)7)29(46-33)26-45-49(11,12)36(2,3)4/h18-24,28-29,31-33H,17,25-26H2,1-16H3,(H,42,43)/t28-,29+,31+,32+,33+/m0/s1. The largest absolute Gasteiger partial charge is 0.480 e. The first-order valence-electron chi connectivity index (χ1n) is 18.4. The maximum absolute atomic E-state index is 14.1. The van der Waals surface area contributed by atoms with E-state index in [2.05, 4.69) is 107 Å². The number of aromatic nitrogens is 2. The van der Waals surface area contributed by atoms with Crippen LogP contribution in [0.5, 0.6) is 0 Å². The maximum Gasteiger partial charge on any atom is 0.351 e. The van der Waals surface area contributed by atoms with E-state index < -0.39 is 67.2 Å². The number of likely N-dealkylation sites (N-methyl/N-ethyl adjacent to an activating group) is 1. The second kappa shape index (κ2) is 15.7. The lowest BCUT2D eigenvalue weighted by molar-refractivity contribution is -0.138. The van der Waals surface area contributed by atoms with E-state index in [9.17, 15) is 14.7 Å². The molecule has 1 aromatic heterocycles. The molecule has 13 heteroatoms. The lowest BCUT2D eigenvalue weighted by Crippen LogP contribution is -2.54. The van der Waals surface area contributed by atoms with E-state index in [0.29, 0.717) is 19.0 Å². The van der Waals surface area contributed by atoms with Gasteiger partial charge in [0.2, 0.25) is 0 Å². The maximum atomic E-state index is 14.1. The Morgan fingerprint density at radius 2 is 1.37 bits per heavy atom. The predicted octanol–water partition coefficient (Wildman–Crippen LogP) is 8.47. The molecule has 288 valence electrons. The Morgan fingerprint density at radius 1 is 0.863 bits per heavy atom. The lowest BCUT2D eigenvalue weighted by atomic mass is 10.0. The summed E-state index contributed by atoms with van der Waals surface area (Å²) < 4.78 is 29.6. The second-order valence-electron chi connectivity index (χ2n) is 18.6. The Morgan fingerprint density at radius 3 is 1.82 bits per heavy atom. The molecule has 1 aromatic carbocycles. The van der Waals surface area contributed by atoms with Gasteiger partial charge in [-0.05, 0) is 73.0 Å². The molecule has 51 heavy (non-hydrogen) atoms. The van der Waals surface area contributed by atoms with E-state index in [1.54, 1.807) is 17.2 Å². The van der Waals surface area contributed by atoms with Crippen molar-refractivity contribution in [2.75, 3.05) is 18.1 Å². The minimum Gasteiger partial charge on any atom is -0.480 e. The average Bonchev–Trinajstić information content (AvgIpc) is 3.29. The van der Waals surface area contributed by atoms with E-state index in [4.69, 9.17) is 18.0 Å². The SMILES string of the molecule is CCN(c1ccn([C@@H]2O[C@H](CO[Si](C)(C)C(C)(C)C)[C@@H](O[Si](C)(C)C(C)(C)C)[C@H]2O[Si](C)(C)C(C)(C)C)c(=O)n1)[C@@H](Cc1ccccc1)C(=O)O. The van der Waals surface area contributed by atoms with Gasteiger partial charge in [0.15, 0.2) is 31.2 Å². The monoisotopic (exact) mass is 761 g/mol. The number of carboxylic acid groups (broad SMARTS) is 1. The number of carbonyl (C=O) groups is 1. The minimum absolute atomic E-state index is 0.00596. The van der Waals surface area contributed by atoms with Gasteiger partial charge in [0.25, 0.3) is 0 Å². The van der Waals surface area contributed by atoms with Gasteiger partial charge in [-0.2, -0.15) is 4.98 Å². The summed E-state index contributed by atoms with van der Waals surface area (Å²) in [6.45, 7) is 35.7. The van der Waals surface area contributed by atoms with Crippen LogP contribution >= 0.6 is 0 Å². The summed E-state index contributed by atoms with van der Waals surface area (Å²) >= 11 is 0. The van der Waals surface area contributed by atoms with Gasteiger partial charge in [-0.1, -0.05) is 92.6 Å². The molecule has 1 fully saturated rings. The van der Waals surface area contributed by atoms with Crippen LogP contribution in [-0.2, 0) is 29.2 Å².